The van der Waals surface area contributed by atoms with Gasteiger partial charge in [-0.2, -0.15) is 5.10 Å². The van der Waals surface area contributed by atoms with Gasteiger partial charge in [0.25, 0.3) is 15.9 Å². The standard InChI is InChI=1S/C26H22ClN3O3S/c1-19-9-13-23(14-10-19)30(34(32,33)24-15-11-22(27)12-16-24)18-26(31)29-28-17-21-7-4-6-20-5-2-3-8-25(20)21/h2-17H,18H2,1H3,(H,29,31)/b28-17-. The average Bonchev–Trinajstić information content (AvgIpc) is 2.83. The van der Waals surface area contributed by atoms with E-state index in [-0.39, 0.29) is 4.90 Å². The molecule has 0 aromatic heterocycles. The van der Waals surface area contributed by atoms with Gasteiger partial charge in [-0.15, -0.1) is 0 Å². The molecule has 1 N–H and O–H groups in total. The van der Waals surface area contributed by atoms with Gasteiger partial charge in [0.15, 0.2) is 0 Å². The minimum Gasteiger partial charge on any atom is -0.271 e. The lowest BCUT2D eigenvalue weighted by Gasteiger charge is -2.23. The molecule has 0 unspecified atom stereocenters. The number of rotatable bonds is 7. The van der Waals surface area contributed by atoms with E-state index < -0.39 is 22.5 Å². The van der Waals surface area contributed by atoms with Crippen LogP contribution in [0.1, 0.15) is 11.1 Å². The Morgan fingerprint density at radius 2 is 1.62 bits per heavy atom. The van der Waals surface area contributed by atoms with Gasteiger partial charge in [0, 0.05) is 10.6 Å². The molecule has 0 aliphatic carbocycles. The molecule has 0 aliphatic rings. The third-order valence-corrected chi connectivity index (χ3v) is 7.27. The molecule has 1 amide bonds. The van der Waals surface area contributed by atoms with E-state index in [9.17, 15) is 13.2 Å². The number of halogens is 1. The third-order valence-electron chi connectivity index (χ3n) is 5.23. The van der Waals surface area contributed by atoms with E-state index in [4.69, 9.17) is 11.6 Å². The highest BCUT2D eigenvalue weighted by Crippen LogP contribution is 2.25. The van der Waals surface area contributed by atoms with Crippen molar-refractivity contribution in [3.8, 4) is 0 Å². The normalized spacial score (nSPS) is 11.6. The zero-order valence-corrected chi connectivity index (χ0v) is 19.9. The SMILES string of the molecule is Cc1ccc(N(CC(=O)N/N=C\c2cccc3ccccc23)S(=O)(=O)c2ccc(Cl)cc2)cc1. The molecule has 0 saturated carbocycles. The van der Waals surface area contributed by atoms with Crippen molar-refractivity contribution < 1.29 is 13.2 Å². The molecule has 0 radical (unpaired) electrons. The van der Waals surface area contributed by atoms with Crippen molar-refractivity contribution in [1.82, 2.24) is 5.43 Å². The van der Waals surface area contributed by atoms with Crippen molar-refractivity contribution in [2.24, 2.45) is 5.10 Å². The average molecular weight is 492 g/mol. The van der Waals surface area contributed by atoms with E-state index in [1.807, 2.05) is 49.4 Å². The number of nitrogens with zero attached hydrogens (tertiary/aromatic N) is 2. The molecule has 0 aliphatic heterocycles. The van der Waals surface area contributed by atoms with E-state index in [1.165, 1.54) is 24.3 Å². The fourth-order valence-electron chi connectivity index (χ4n) is 3.46. The van der Waals surface area contributed by atoms with Crippen molar-refractivity contribution in [3.05, 3.63) is 107 Å². The van der Waals surface area contributed by atoms with Gasteiger partial charge in [-0.05, 0) is 54.1 Å². The topological polar surface area (TPSA) is 78.8 Å². The fraction of sp³-hybridized carbons (Fsp3) is 0.0769. The van der Waals surface area contributed by atoms with Gasteiger partial charge in [0.05, 0.1) is 16.8 Å². The van der Waals surface area contributed by atoms with E-state index in [2.05, 4.69) is 10.5 Å². The predicted octanol–water partition coefficient (Wildman–Crippen LogP) is 5.15. The summed E-state index contributed by atoms with van der Waals surface area (Å²) in [5.74, 6) is -0.574. The number of amides is 1. The lowest BCUT2D eigenvalue weighted by Crippen LogP contribution is -2.39. The van der Waals surface area contributed by atoms with Crippen LogP contribution in [0.4, 0.5) is 5.69 Å². The van der Waals surface area contributed by atoms with Crippen molar-refractivity contribution in [2.45, 2.75) is 11.8 Å². The number of benzene rings is 4. The zero-order valence-electron chi connectivity index (χ0n) is 18.4. The smallest absolute Gasteiger partial charge is 0.264 e. The van der Waals surface area contributed by atoms with Gasteiger partial charge >= 0.3 is 0 Å². The number of fused-ring (bicyclic) bond motifs is 1. The lowest BCUT2D eigenvalue weighted by atomic mass is 10.1. The minimum absolute atomic E-state index is 0.0320. The maximum Gasteiger partial charge on any atom is 0.264 e. The largest absolute Gasteiger partial charge is 0.271 e. The van der Waals surface area contributed by atoms with Crippen LogP contribution >= 0.6 is 11.6 Å². The molecule has 34 heavy (non-hydrogen) atoms. The minimum atomic E-state index is -4.02. The van der Waals surface area contributed by atoms with Crippen LogP contribution < -0.4 is 9.73 Å². The van der Waals surface area contributed by atoms with Gasteiger partial charge < -0.3 is 0 Å². The monoisotopic (exact) mass is 491 g/mol. The van der Waals surface area contributed by atoms with Gasteiger partial charge in [0.2, 0.25) is 0 Å². The first-order chi connectivity index (χ1) is 16.3. The maximum atomic E-state index is 13.4. The van der Waals surface area contributed by atoms with E-state index in [1.54, 1.807) is 30.5 Å². The van der Waals surface area contributed by atoms with Crippen LogP contribution in [0.2, 0.25) is 5.02 Å². The summed E-state index contributed by atoms with van der Waals surface area (Å²) in [4.78, 5) is 12.8. The van der Waals surface area contributed by atoms with Crippen molar-refractivity contribution in [3.63, 3.8) is 0 Å². The molecule has 6 nitrogen and oxygen atoms in total. The highest BCUT2D eigenvalue weighted by molar-refractivity contribution is 7.92. The van der Waals surface area contributed by atoms with Gasteiger partial charge in [-0.3, -0.25) is 9.10 Å². The second-order valence-electron chi connectivity index (χ2n) is 7.66. The van der Waals surface area contributed by atoms with Crippen LogP contribution in [0.25, 0.3) is 10.8 Å². The summed E-state index contributed by atoms with van der Waals surface area (Å²) in [6.45, 7) is 1.46. The molecule has 0 atom stereocenters. The Bertz CT molecular complexity index is 1450. The van der Waals surface area contributed by atoms with Crippen LogP contribution in [-0.2, 0) is 14.8 Å². The Morgan fingerprint density at radius 3 is 2.35 bits per heavy atom. The van der Waals surface area contributed by atoms with E-state index in [0.717, 1.165) is 26.2 Å². The number of nitrogens with one attached hydrogen (secondary N) is 1. The van der Waals surface area contributed by atoms with Crippen LogP contribution in [0, 0.1) is 6.92 Å². The second-order valence-corrected chi connectivity index (χ2v) is 9.96. The number of sulfonamides is 1. The first kappa shape index (κ1) is 23.5. The number of hydrogen-bond acceptors (Lipinski definition) is 4. The van der Waals surface area contributed by atoms with Crippen molar-refractivity contribution in [2.75, 3.05) is 10.8 Å². The molecule has 0 bridgehead atoms. The number of hydrogen-bond donors (Lipinski definition) is 1. The van der Waals surface area contributed by atoms with E-state index in [0.29, 0.717) is 10.7 Å². The van der Waals surface area contributed by atoms with E-state index >= 15 is 0 Å². The molecule has 4 aromatic rings. The summed E-state index contributed by atoms with van der Waals surface area (Å²) in [5.41, 5.74) is 4.62. The third kappa shape index (κ3) is 5.27. The van der Waals surface area contributed by atoms with Crippen LogP contribution in [0.5, 0.6) is 0 Å². The molecule has 0 heterocycles. The first-order valence-corrected chi connectivity index (χ1v) is 12.3. The molecule has 4 rings (SSSR count). The van der Waals surface area contributed by atoms with Gasteiger partial charge in [-0.1, -0.05) is 71.8 Å². The maximum absolute atomic E-state index is 13.4. The Hall–Kier alpha value is -3.68. The first-order valence-electron chi connectivity index (χ1n) is 10.5. The Morgan fingerprint density at radius 1 is 0.941 bits per heavy atom. The molecule has 0 fully saturated rings. The molecular weight excluding hydrogens is 470 g/mol. The Balaban J connectivity index is 1.57. The van der Waals surface area contributed by atoms with Gasteiger partial charge in [0.1, 0.15) is 6.54 Å². The predicted molar refractivity (Wildman–Crippen MR) is 137 cm³/mol. The Kier molecular flexibility index (Phi) is 6.95. The second kappa shape index (κ2) is 10.1. The number of carbonyl (C=O) groups is 1. The van der Waals surface area contributed by atoms with Crippen LogP contribution in [-0.4, -0.2) is 27.1 Å². The summed E-state index contributed by atoms with van der Waals surface area (Å²) >= 11 is 5.92. The molecule has 172 valence electrons. The van der Waals surface area contributed by atoms with Crippen molar-refractivity contribution >= 4 is 50.2 Å². The lowest BCUT2D eigenvalue weighted by molar-refractivity contribution is -0.119. The quantitative estimate of drug-likeness (QED) is 0.287. The zero-order chi connectivity index (χ0) is 24.1. The van der Waals surface area contributed by atoms with Gasteiger partial charge in [-0.25, -0.2) is 13.8 Å². The summed E-state index contributed by atoms with van der Waals surface area (Å²) < 4.78 is 27.8. The summed E-state index contributed by atoms with van der Waals surface area (Å²) in [7, 11) is -4.02. The molecule has 4 aromatic carbocycles. The molecule has 8 heteroatoms. The van der Waals surface area contributed by atoms with Crippen LogP contribution in [0.3, 0.4) is 0 Å². The number of hydrazone groups is 1. The molecule has 0 spiro atoms. The number of anilines is 1. The highest BCUT2D eigenvalue weighted by atomic mass is 35.5. The summed E-state index contributed by atoms with van der Waals surface area (Å²) in [6, 6.07) is 26.3. The van der Waals surface area contributed by atoms with Crippen molar-refractivity contribution in [1.29, 1.82) is 0 Å². The summed E-state index contributed by atoms with van der Waals surface area (Å²) in [6.07, 6.45) is 1.55. The highest BCUT2D eigenvalue weighted by Gasteiger charge is 2.27. The summed E-state index contributed by atoms with van der Waals surface area (Å²) in [5, 5.41) is 6.52. The molecular formula is C26H22ClN3O3S. The Labute approximate surface area is 203 Å². The number of aryl methyl sites for hydroxylation is 1. The molecule has 0 saturated heterocycles. The fourth-order valence-corrected chi connectivity index (χ4v) is 5.01. The van der Waals surface area contributed by atoms with Crippen LogP contribution in [0.15, 0.2) is 101 Å². The number of carbonyl (C=O) groups excluding carboxylic acids is 1.